The maximum atomic E-state index is 5.54. The van der Waals surface area contributed by atoms with Crippen molar-refractivity contribution < 1.29 is 14.0 Å². The molecule has 0 amide bonds. The number of hydrogen-bond acceptors (Lipinski definition) is 6. The van der Waals surface area contributed by atoms with Crippen LogP contribution in [-0.4, -0.2) is 41.8 Å². The Hall–Kier alpha value is -2.86. The van der Waals surface area contributed by atoms with Crippen LogP contribution in [0.4, 0.5) is 0 Å². The van der Waals surface area contributed by atoms with Crippen LogP contribution in [0.3, 0.4) is 0 Å². The average molecular weight is 379 g/mol. The summed E-state index contributed by atoms with van der Waals surface area (Å²) in [6.07, 6.45) is 3.34. The molecule has 0 spiro atoms. The van der Waals surface area contributed by atoms with Gasteiger partial charge in [0, 0.05) is 6.04 Å². The van der Waals surface area contributed by atoms with Crippen molar-refractivity contribution in [2.45, 2.75) is 31.8 Å². The first kappa shape index (κ1) is 18.5. The van der Waals surface area contributed by atoms with Gasteiger partial charge < -0.3 is 14.0 Å². The molecule has 1 unspecified atom stereocenters. The first-order valence-electron chi connectivity index (χ1n) is 9.60. The molecule has 28 heavy (non-hydrogen) atoms. The zero-order valence-corrected chi connectivity index (χ0v) is 16.3. The molecule has 1 fully saturated rings. The lowest BCUT2D eigenvalue weighted by Gasteiger charge is -2.23. The molecule has 0 saturated carbocycles. The molecule has 4 rings (SSSR count). The SMILES string of the molecule is COc1cccc(CC2CCCN2Cc2nc(-c3ccccc3OC)no2)c1. The maximum Gasteiger partial charge on any atom is 0.241 e. The van der Waals surface area contributed by atoms with Crippen LogP contribution >= 0.6 is 0 Å². The lowest BCUT2D eigenvalue weighted by atomic mass is 10.0. The number of likely N-dealkylation sites (tertiary alicyclic amines) is 1. The van der Waals surface area contributed by atoms with Gasteiger partial charge in [-0.3, -0.25) is 4.90 Å². The highest BCUT2D eigenvalue weighted by atomic mass is 16.5. The second-order valence-electron chi connectivity index (χ2n) is 7.03. The Morgan fingerprint density at radius 2 is 2.00 bits per heavy atom. The Kier molecular flexibility index (Phi) is 5.58. The molecule has 1 aromatic heterocycles. The number of hydrogen-bond donors (Lipinski definition) is 0. The van der Waals surface area contributed by atoms with E-state index in [2.05, 4.69) is 27.2 Å². The van der Waals surface area contributed by atoms with E-state index in [4.69, 9.17) is 14.0 Å². The van der Waals surface area contributed by atoms with Crippen LogP contribution in [-0.2, 0) is 13.0 Å². The van der Waals surface area contributed by atoms with Crippen LogP contribution in [0.1, 0.15) is 24.3 Å². The summed E-state index contributed by atoms with van der Waals surface area (Å²) in [5.74, 6) is 2.85. The zero-order valence-electron chi connectivity index (χ0n) is 16.3. The molecule has 6 nitrogen and oxygen atoms in total. The van der Waals surface area contributed by atoms with Crippen molar-refractivity contribution in [3.05, 3.63) is 60.0 Å². The van der Waals surface area contributed by atoms with Crippen LogP contribution in [0.2, 0.25) is 0 Å². The van der Waals surface area contributed by atoms with E-state index in [9.17, 15) is 0 Å². The minimum absolute atomic E-state index is 0.466. The Bertz CT molecular complexity index is 925. The van der Waals surface area contributed by atoms with Gasteiger partial charge in [-0.05, 0) is 55.6 Å². The molecule has 1 aliphatic rings. The number of nitrogens with zero attached hydrogens (tertiary/aromatic N) is 3. The molecule has 0 N–H and O–H groups in total. The van der Waals surface area contributed by atoms with Gasteiger partial charge >= 0.3 is 0 Å². The summed E-state index contributed by atoms with van der Waals surface area (Å²) >= 11 is 0. The van der Waals surface area contributed by atoms with Crippen molar-refractivity contribution in [1.29, 1.82) is 0 Å². The van der Waals surface area contributed by atoms with Gasteiger partial charge in [-0.2, -0.15) is 4.98 Å². The molecule has 1 saturated heterocycles. The maximum absolute atomic E-state index is 5.54. The van der Waals surface area contributed by atoms with Crippen molar-refractivity contribution in [3.63, 3.8) is 0 Å². The van der Waals surface area contributed by atoms with Crippen LogP contribution < -0.4 is 9.47 Å². The summed E-state index contributed by atoms with van der Waals surface area (Å²) < 4.78 is 16.3. The first-order chi connectivity index (χ1) is 13.8. The predicted molar refractivity (Wildman–Crippen MR) is 106 cm³/mol. The minimum atomic E-state index is 0.466. The molecule has 6 heteroatoms. The smallest absolute Gasteiger partial charge is 0.241 e. The number of para-hydroxylation sites is 1. The van der Waals surface area contributed by atoms with E-state index < -0.39 is 0 Å². The van der Waals surface area contributed by atoms with Crippen LogP contribution in [0.5, 0.6) is 11.5 Å². The Balaban J connectivity index is 1.45. The molecular weight excluding hydrogens is 354 g/mol. The third-order valence-electron chi connectivity index (χ3n) is 5.26. The lowest BCUT2D eigenvalue weighted by Crippen LogP contribution is -2.30. The van der Waals surface area contributed by atoms with E-state index >= 15 is 0 Å². The molecular formula is C22H25N3O3. The second kappa shape index (κ2) is 8.44. The highest BCUT2D eigenvalue weighted by Crippen LogP contribution is 2.28. The first-order valence-corrected chi connectivity index (χ1v) is 9.60. The van der Waals surface area contributed by atoms with Gasteiger partial charge in [0.2, 0.25) is 11.7 Å². The highest BCUT2D eigenvalue weighted by molar-refractivity contribution is 5.63. The van der Waals surface area contributed by atoms with Gasteiger partial charge in [-0.1, -0.05) is 29.4 Å². The van der Waals surface area contributed by atoms with E-state index in [1.807, 2.05) is 36.4 Å². The summed E-state index contributed by atoms with van der Waals surface area (Å²) in [4.78, 5) is 7.03. The van der Waals surface area contributed by atoms with Crippen LogP contribution in [0.15, 0.2) is 53.1 Å². The molecule has 1 atom stereocenters. The fourth-order valence-corrected chi connectivity index (χ4v) is 3.84. The third-order valence-corrected chi connectivity index (χ3v) is 5.26. The average Bonchev–Trinajstić information content (AvgIpc) is 3.38. The highest BCUT2D eigenvalue weighted by Gasteiger charge is 2.26. The summed E-state index contributed by atoms with van der Waals surface area (Å²) in [6, 6.07) is 16.5. The van der Waals surface area contributed by atoms with Crippen molar-refractivity contribution in [3.8, 4) is 22.9 Å². The van der Waals surface area contributed by atoms with Crippen molar-refractivity contribution in [1.82, 2.24) is 15.0 Å². The van der Waals surface area contributed by atoms with Gasteiger partial charge in [0.05, 0.1) is 26.3 Å². The number of ether oxygens (including phenoxy) is 2. The molecule has 1 aliphatic heterocycles. The van der Waals surface area contributed by atoms with Crippen molar-refractivity contribution in [2.75, 3.05) is 20.8 Å². The topological polar surface area (TPSA) is 60.6 Å². The standard InChI is InChI=1S/C22H25N3O3/c1-26-18-9-5-7-16(14-18)13-17-8-6-12-25(17)15-21-23-22(24-28-21)19-10-3-4-11-20(19)27-2/h3-5,7,9-11,14,17H,6,8,12-13,15H2,1-2H3. The lowest BCUT2D eigenvalue weighted by molar-refractivity contribution is 0.209. The molecule has 2 aromatic carbocycles. The molecule has 0 radical (unpaired) electrons. The number of rotatable bonds is 7. The summed E-state index contributed by atoms with van der Waals surface area (Å²) in [6.45, 7) is 1.71. The largest absolute Gasteiger partial charge is 0.497 e. The monoisotopic (exact) mass is 379 g/mol. The minimum Gasteiger partial charge on any atom is -0.497 e. The van der Waals surface area contributed by atoms with E-state index in [1.165, 1.54) is 18.4 Å². The Labute approximate surface area is 165 Å². The predicted octanol–water partition coefficient (Wildman–Crippen LogP) is 3.96. The molecule has 3 aromatic rings. The van der Waals surface area contributed by atoms with Crippen molar-refractivity contribution >= 4 is 0 Å². The summed E-state index contributed by atoms with van der Waals surface area (Å²) in [7, 11) is 3.35. The fourth-order valence-electron chi connectivity index (χ4n) is 3.84. The van der Waals surface area contributed by atoms with E-state index in [0.717, 1.165) is 30.0 Å². The molecule has 2 heterocycles. The van der Waals surface area contributed by atoms with Gasteiger partial charge in [0.15, 0.2) is 0 Å². The fraction of sp³-hybridized carbons (Fsp3) is 0.364. The summed E-state index contributed by atoms with van der Waals surface area (Å²) in [5.41, 5.74) is 2.13. The van der Waals surface area contributed by atoms with Gasteiger partial charge in [0.1, 0.15) is 11.5 Å². The zero-order chi connectivity index (χ0) is 19.3. The Morgan fingerprint density at radius 1 is 1.11 bits per heavy atom. The summed E-state index contributed by atoms with van der Waals surface area (Å²) in [5, 5.41) is 4.16. The van der Waals surface area contributed by atoms with Crippen LogP contribution in [0.25, 0.3) is 11.4 Å². The van der Waals surface area contributed by atoms with Gasteiger partial charge in [-0.15, -0.1) is 0 Å². The van der Waals surface area contributed by atoms with E-state index in [-0.39, 0.29) is 0 Å². The molecule has 0 aliphatic carbocycles. The van der Waals surface area contributed by atoms with Crippen LogP contribution in [0, 0.1) is 0 Å². The second-order valence-corrected chi connectivity index (χ2v) is 7.03. The third kappa shape index (κ3) is 4.02. The molecule has 146 valence electrons. The van der Waals surface area contributed by atoms with Crippen molar-refractivity contribution in [2.24, 2.45) is 0 Å². The molecule has 0 bridgehead atoms. The number of methoxy groups -OCH3 is 2. The van der Waals surface area contributed by atoms with Gasteiger partial charge in [0.25, 0.3) is 0 Å². The Morgan fingerprint density at radius 3 is 2.86 bits per heavy atom. The number of aromatic nitrogens is 2. The quantitative estimate of drug-likeness (QED) is 0.619. The van der Waals surface area contributed by atoms with E-state index in [0.29, 0.717) is 24.3 Å². The number of benzene rings is 2. The normalized spacial score (nSPS) is 17.0. The van der Waals surface area contributed by atoms with Gasteiger partial charge in [-0.25, -0.2) is 0 Å². The van der Waals surface area contributed by atoms with E-state index in [1.54, 1.807) is 14.2 Å².